The number of hydrogen-bond donors (Lipinski definition) is 0. The molecule has 2 aromatic carbocycles. The predicted molar refractivity (Wildman–Crippen MR) is 93.9 cm³/mol. The molecule has 0 atom stereocenters. The average molecular weight is 466 g/mol. The van der Waals surface area contributed by atoms with E-state index in [2.05, 4.69) is 20.1 Å². The molecule has 0 spiro atoms. The molecule has 0 radical (unpaired) electrons. The second-order valence-electron chi connectivity index (χ2n) is 4.98. The van der Waals surface area contributed by atoms with Gasteiger partial charge in [-0.3, -0.25) is 0 Å². The van der Waals surface area contributed by atoms with Crippen LogP contribution in [-0.2, 0) is 20.2 Å². The minimum Gasteiger partial charge on any atom is -0.744 e. The smallest absolute Gasteiger partial charge is 0.744 e. The molecule has 0 aliphatic rings. The SMILES string of the molecule is [N-]=[N+]=NC(=C(N=[N+]=[N-])c1ccccc1S(=O)(=O)[O-])c1ccccc1S(=O)(=O)[O-].[Na+].[Na+]. The summed E-state index contributed by atoms with van der Waals surface area (Å²) < 4.78 is 69.3. The van der Waals surface area contributed by atoms with Gasteiger partial charge in [0.25, 0.3) is 0 Å². The Labute approximate surface area is 215 Å². The third-order valence-electron chi connectivity index (χ3n) is 3.34. The number of nitrogens with zero attached hydrogens (tertiary/aromatic N) is 6. The molecule has 12 nitrogen and oxygen atoms in total. The van der Waals surface area contributed by atoms with Gasteiger partial charge < -0.3 is 9.11 Å². The molecule has 0 heterocycles. The zero-order valence-electron chi connectivity index (χ0n) is 15.6. The maximum Gasteiger partial charge on any atom is 1.00 e. The monoisotopic (exact) mass is 466 g/mol. The van der Waals surface area contributed by atoms with E-state index in [-0.39, 0.29) is 59.1 Å². The van der Waals surface area contributed by atoms with Crippen molar-refractivity contribution in [3.63, 3.8) is 0 Å². The Kier molecular flexibility index (Phi) is 11.3. The summed E-state index contributed by atoms with van der Waals surface area (Å²) in [6.45, 7) is 0. The van der Waals surface area contributed by atoms with Crippen molar-refractivity contribution in [2.45, 2.75) is 9.79 Å². The molecule has 0 aliphatic heterocycles. The number of benzene rings is 2. The molecule has 2 rings (SSSR count). The molecule has 2 aromatic rings. The molecule has 0 fully saturated rings. The Balaban J connectivity index is 0.00000420. The summed E-state index contributed by atoms with van der Waals surface area (Å²) in [5, 5.41) is 6.56. The van der Waals surface area contributed by atoms with Gasteiger partial charge in [-0.15, -0.1) is 0 Å². The first-order valence-electron chi connectivity index (χ1n) is 7.06. The molecular formula is C14H8N6Na2O6S2. The van der Waals surface area contributed by atoms with Crippen molar-refractivity contribution in [3.8, 4) is 0 Å². The van der Waals surface area contributed by atoms with Crippen molar-refractivity contribution in [1.82, 2.24) is 0 Å². The number of hydrogen-bond acceptors (Lipinski definition) is 8. The van der Waals surface area contributed by atoms with Gasteiger partial charge in [0.05, 0.1) is 21.2 Å². The normalized spacial score (nSPS) is 11.5. The summed E-state index contributed by atoms with van der Waals surface area (Å²) in [4.78, 5) is 3.43. The molecule has 0 saturated carbocycles. The van der Waals surface area contributed by atoms with Crippen molar-refractivity contribution in [2.75, 3.05) is 0 Å². The number of rotatable bonds is 6. The molecule has 0 aliphatic carbocycles. The van der Waals surface area contributed by atoms with Gasteiger partial charge in [-0.05, 0) is 23.2 Å². The van der Waals surface area contributed by atoms with E-state index >= 15 is 0 Å². The Morgan fingerprint density at radius 2 is 1.00 bits per heavy atom. The van der Waals surface area contributed by atoms with Crippen LogP contribution in [0.4, 0.5) is 0 Å². The van der Waals surface area contributed by atoms with Crippen LogP contribution in [0.2, 0.25) is 0 Å². The average Bonchev–Trinajstić information content (AvgIpc) is 2.63. The zero-order chi connectivity index (χ0) is 20.9. The molecule has 0 amide bonds. The predicted octanol–water partition coefficient (Wildman–Crippen LogP) is -3.05. The Morgan fingerprint density at radius 1 is 0.700 bits per heavy atom. The zero-order valence-corrected chi connectivity index (χ0v) is 21.2. The van der Waals surface area contributed by atoms with Crippen LogP contribution in [0, 0.1) is 0 Å². The van der Waals surface area contributed by atoms with Crippen molar-refractivity contribution < 1.29 is 85.1 Å². The van der Waals surface area contributed by atoms with E-state index in [9.17, 15) is 25.9 Å². The molecular weight excluding hydrogens is 458 g/mol. The summed E-state index contributed by atoms with van der Waals surface area (Å²) in [6, 6.07) is 9.10. The fraction of sp³-hybridized carbons (Fsp3) is 0. The van der Waals surface area contributed by atoms with Crippen molar-refractivity contribution in [3.05, 3.63) is 80.5 Å². The molecule has 0 saturated heterocycles. The first-order valence-corrected chi connectivity index (χ1v) is 9.88. The van der Waals surface area contributed by atoms with Crippen LogP contribution >= 0.6 is 0 Å². The maximum atomic E-state index is 11.5. The van der Waals surface area contributed by atoms with Gasteiger partial charge in [-0.1, -0.05) is 46.6 Å². The fourth-order valence-corrected chi connectivity index (χ4v) is 3.67. The minimum atomic E-state index is -5.05. The Bertz CT molecular complexity index is 1180. The standard InChI is InChI=1S/C14H10N6O6S2.2Na/c15-19-17-13(9-5-1-3-7-11(9)27(21,22)23)14(18-20-16)10-6-2-4-8-12(10)28(24,25)26;;/h1-8H,(H,21,22,23)(H,24,25,26);;/q;2*+1/p-2. The molecule has 0 aromatic heterocycles. The van der Waals surface area contributed by atoms with Crippen molar-refractivity contribution in [2.24, 2.45) is 10.2 Å². The van der Waals surface area contributed by atoms with Gasteiger partial charge >= 0.3 is 59.1 Å². The molecule has 144 valence electrons. The molecule has 0 bridgehead atoms. The molecule has 16 heteroatoms. The fourth-order valence-electron chi connectivity index (χ4n) is 2.31. The Hall–Kier alpha value is -1.38. The second-order valence-corrected chi connectivity index (χ2v) is 7.67. The quantitative estimate of drug-likeness (QED) is 0.108. The summed E-state index contributed by atoms with van der Waals surface area (Å²) in [6.07, 6.45) is 0. The topological polar surface area (TPSA) is 212 Å². The summed E-state index contributed by atoms with van der Waals surface area (Å²) >= 11 is 0. The van der Waals surface area contributed by atoms with E-state index in [0.717, 1.165) is 24.3 Å². The molecule has 0 N–H and O–H groups in total. The third kappa shape index (κ3) is 6.82. The number of azide groups is 2. The van der Waals surface area contributed by atoms with E-state index in [0.29, 0.717) is 0 Å². The van der Waals surface area contributed by atoms with Crippen molar-refractivity contribution in [1.29, 1.82) is 0 Å². The van der Waals surface area contributed by atoms with Crippen LogP contribution < -0.4 is 59.1 Å². The van der Waals surface area contributed by atoms with E-state index in [4.69, 9.17) is 11.1 Å². The van der Waals surface area contributed by atoms with Crippen LogP contribution in [0.1, 0.15) is 11.1 Å². The summed E-state index contributed by atoms with van der Waals surface area (Å²) in [5.41, 5.74) is 15.6. The summed E-state index contributed by atoms with van der Waals surface area (Å²) in [7, 11) is -10.1. The third-order valence-corrected chi connectivity index (χ3v) is 5.13. The second kappa shape index (κ2) is 11.9. The van der Waals surface area contributed by atoms with Crippen molar-refractivity contribution >= 4 is 31.6 Å². The maximum absolute atomic E-state index is 11.5. The van der Waals surface area contributed by atoms with Gasteiger partial charge in [0.1, 0.15) is 20.2 Å². The molecule has 0 unspecified atom stereocenters. The van der Waals surface area contributed by atoms with Gasteiger partial charge in [-0.25, -0.2) is 16.8 Å². The van der Waals surface area contributed by atoms with E-state index < -0.39 is 52.5 Å². The van der Waals surface area contributed by atoms with Gasteiger partial charge in [0, 0.05) is 21.0 Å². The van der Waals surface area contributed by atoms with E-state index in [1.165, 1.54) is 24.3 Å². The van der Waals surface area contributed by atoms with Gasteiger partial charge in [-0.2, -0.15) is 0 Å². The Morgan fingerprint density at radius 3 is 1.27 bits per heavy atom. The van der Waals surface area contributed by atoms with Crippen LogP contribution in [0.25, 0.3) is 32.3 Å². The van der Waals surface area contributed by atoms with Crippen LogP contribution in [0.3, 0.4) is 0 Å². The van der Waals surface area contributed by atoms with Gasteiger partial charge in [0.2, 0.25) is 0 Å². The van der Waals surface area contributed by atoms with Crippen LogP contribution in [0.5, 0.6) is 0 Å². The summed E-state index contributed by atoms with van der Waals surface area (Å²) in [5.74, 6) is 0. The largest absolute Gasteiger partial charge is 1.00 e. The first kappa shape index (κ1) is 28.6. The van der Waals surface area contributed by atoms with E-state index in [1.807, 2.05) is 0 Å². The van der Waals surface area contributed by atoms with E-state index in [1.54, 1.807) is 0 Å². The van der Waals surface area contributed by atoms with Crippen LogP contribution in [0.15, 0.2) is 68.6 Å². The van der Waals surface area contributed by atoms with Gasteiger partial charge in [0.15, 0.2) is 0 Å². The minimum absolute atomic E-state index is 0. The molecule has 30 heavy (non-hydrogen) atoms. The van der Waals surface area contributed by atoms with Crippen LogP contribution in [-0.4, -0.2) is 25.9 Å². The first-order chi connectivity index (χ1) is 13.1.